The number of nitrogens with zero attached hydrogens (tertiary/aromatic N) is 1. The lowest BCUT2D eigenvalue weighted by Gasteiger charge is -2.21. The van der Waals surface area contributed by atoms with Crippen molar-refractivity contribution in [2.75, 3.05) is 6.54 Å². The van der Waals surface area contributed by atoms with Crippen molar-refractivity contribution in [3.05, 3.63) is 65.0 Å². The Hall–Kier alpha value is -1.67. The molecule has 1 unspecified atom stereocenters. The topological polar surface area (TPSA) is 24.9 Å². The molecule has 0 saturated carbocycles. The Labute approximate surface area is 128 Å². The summed E-state index contributed by atoms with van der Waals surface area (Å²) in [6.45, 7) is 7.52. The van der Waals surface area contributed by atoms with Crippen molar-refractivity contribution < 1.29 is 0 Å². The van der Waals surface area contributed by atoms with E-state index in [1.807, 2.05) is 12.4 Å². The summed E-state index contributed by atoms with van der Waals surface area (Å²) in [5.74, 6) is 0. The number of pyridine rings is 1. The summed E-state index contributed by atoms with van der Waals surface area (Å²) < 4.78 is 0. The molecule has 0 aliphatic heterocycles. The van der Waals surface area contributed by atoms with E-state index in [9.17, 15) is 0 Å². The number of hydrogen-bond donors (Lipinski definition) is 1. The van der Waals surface area contributed by atoms with Crippen LogP contribution in [0.2, 0.25) is 0 Å². The molecule has 0 saturated heterocycles. The van der Waals surface area contributed by atoms with Gasteiger partial charge in [0, 0.05) is 12.4 Å². The van der Waals surface area contributed by atoms with Gasteiger partial charge in [-0.05, 0) is 47.7 Å². The molecule has 21 heavy (non-hydrogen) atoms. The van der Waals surface area contributed by atoms with Gasteiger partial charge in [-0.3, -0.25) is 4.98 Å². The van der Waals surface area contributed by atoms with Crippen molar-refractivity contribution in [1.82, 2.24) is 10.3 Å². The SMILES string of the molecule is CCCc1ccc(C(NCC)c2ccncc2CC)cc1. The molecule has 2 heteroatoms. The van der Waals surface area contributed by atoms with Gasteiger partial charge in [0.1, 0.15) is 0 Å². The first-order valence-electron chi connectivity index (χ1n) is 8.05. The Morgan fingerprint density at radius 1 is 1.05 bits per heavy atom. The summed E-state index contributed by atoms with van der Waals surface area (Å²) in [6.07, 6.45) is 7.25. The second-order valence-electron chi connectivity index (χ2n) is 5.41. The number of benzene rings is 1. The van der Waals surface area contributed by atoms with Gasteiger partial charge in [0.2, 0.25) is 0 Å². The van der Waals surface area contributed by atoms with Gasteiger partial charge in [0.15, 0.2) is 0 Å². The van der Waals surface area contributed by atoms with Crippen LogP contribution < -0.4 is 5.32 Å². The fraction of sp³-hybridized carbons (Fsp3) is 0.421. The minimum Gasteiger partial charge on any atom is -0.307 e. The number of rotatable bonds is 7. The number of hydrogen-bond acceptors (Lipinski definition) is 2. The molecule has 1 heterocycles. The summed E-state index contributed by atoms with van der Waals surface area (Å²) in [5, 5.41) is 3.61. The molecule has 2 aromatic rings. The van der Waals surface area contributed by atoms with Gasteiger partial charge in [0.25, 0.3) is 0 Å². The van der Waals surface area contributed by atoms with E-state index in [0.717, 1.165) is 19.4 Å². The maximum Gasteiger partial charge on any atom is 0.0580 e. The largest absolute Gasteiger partial charge is 0.307 e. The smallest absolute Gasteiger partial charge is 0.0580 e. The monoisotopic (exact) mass is 282 g/mol. The summed E-state index contributed by atoms with van der Waals surface area (Å²) in [7, 11) is 0. The Balaban J connectivity index is 2.33. The van der Waals surface area contributed by atoms with Crippen LogP contribution in [0, 0.1) is 0 Å². The van der Waals surface area contributed by atoms with Crippen LogP contribution >= 0.6 is 0 Å². The van der Waals surface area contributed by atoms with Gasteiger partial charge >= 0.3 is 0 Å². The fourth-order valence-electron chi connectivity index (χ4n) is 2.79. The number of aromatic nitrogens is 1. The van der Waals surface area contributed by atoms with Crippen LogP contribution in [-0.2, 0) is 12.8 Å². The number of nitrogens with one attached hydrogen (secondary N) is 1. The molecule has 0 fully saturated rings. The highest BCUT2D eigenvalue weighted by Gasteiger charge is 2.15. The predicted molar refractivity (Wildman–Crippen MR) is 89.6 cm³/mol. The summed E-state index contributed by atoms with van der Waals surface area (Å²) in [4.78, 5) is 4.26. The van der Waals surface area contributed by atoms with Crippen molar-refractivity contribution in [2.24, 2.45) is 0 Å². The molecule has 1 aromatic heterocycles. The first-order valence-corrected chi connectivity index (χ1v) is 8.05. The Kier molecular flexibility index (Phi) is 5.94. The second kappa shape index (κ2) is 7.94. The van der Waals surface area contributed by atoms with Crippen LogP contribution in [-0.4, -0.2) is 11.5 Å². The Bertz CT molecular complexity index is 546. The van der Waals surface area contributed by atoms with Crippen LogP contribution in [0.1, 0.15) is 55.5 Å². The fourth-order valence-corrected chi connectivity index (χ4v) is 2.79. The highest BCUT2D eigenvalue weighted by Crippen LogP contribution is 2.25. The third-order valence-electron chi connectivity index (χ3n) is 3.89. The van der Waals surface area contributed by atoms with E-state index in [2.05, 4.69) is 61.4 Å². The van der Waals surface area contributed by atoms with Gasteiger partial charge in [-0.25, -0.2) is 0 Å². The van der Waals surface area contributed by atoms with E-state index >= 15 is 0 Å². The molecule has 0 bridgehead atoms. The minimum absolute atomic E-state index is 0.253. The van der Waals surface area contributed by atoms with Crippen LogP contribution in [0.5, 0.6) is 0 Å². The first-order chi connectivity index (χ1) is 10.3. The van der Waals surface area contributed by atoms with E-state index in [4.69, 9.17) is 0 Å². The third-order valence-corrected chi connectivity index (χ3v) is 3.89. The molecule has 1 aromatic carbocycles. The average molecular weight is 282 g/mol. The molecule has 0 radical (unpaired) electrons. The van der Waals surface area contributed by atoms with Gasteiger partial charge < -0.3 is 5.32 Å². The normalized spacial score (nSPS) is 12.3. The first kappa shape index (κ1) is 15.7. The zero-order chi connectivity index (χ0) is 15.1. The van der Waals surface area contributed by atoms with Crippen LogP contribution in [0.25, 0.3) is 0 Å². The highest BCUT2D eigenvalue weighted by atomic mass is 14.9. The predicted octanol–water partition coefficient (Wildman–Crippen LogP) is 4.30. The summed E-state index contributed by atoms with van der Waals surface area (Å²) >= 11 is 0. The molecule has 1 atom stereocenters. The second-order valence-corrected chi connectivity index (χ2v) is 5.41. The summed E-state index contributed by atoms with van der Waals surface area (Å²) in [6, 6.07) is 11.4. The van der Waals surface area contributed by atoms with Crippen LogP contribution in [0.4, 0.5) is 0 Å². The average Bonchev–Trinajstić information content (AvgIpc) is 2.54. The molecule has 112 valence electrons. The van der Waals surface area contributed by atoms with Crippen molar-refractivity contribution in [2.45, 2.75) is 46.1 Å². The Morgan fingerprint density at radius 3 is 2.43 bits per heavy atom. The number of aryl methyl sites for hydroxylation is 2. The molecule has 1 N–H and O–H groups in total. The minimum atomic E-state index is 0.253. The van der Waals surface area contributed by atoms with Crippen molar-refractivity contribution in [3.8, 4) is 0 Å². The molecule has 2 rings (SSSR count). The van der Waals surface area contributed by atoms with Crippen LogP contribution in [0.3, 0.4) is 0 Å². The van der Waals surface area contributed by atoms with Gasteiger partial charge in [0.05, 0.1) is 6.04 Å². The molecular formula is C19H26N2. The van der Waals surface area contributed by atoms with Gasteiger partial charge in [-0.15, -0.1) is 0 Å². The lowest BCUT2D eigenvalue weighted by atomic mass is 9.93. The third kappa shape index (κ3) is 3.92. The van der Waals surface area contributed by atoms with Crippen molar-refractivity contribution >= 4 is 0 Å². The summed E-state index contributed by atoms with van der Waals surface area (Å²) in [5.41, 5.74) is 5.42. The standard InChI is InChI=1S/C19H26N2/c1-4-7-15-8-10-17(11-9-15)19(21-6-3)18-12-13-20-14-16(18)5-2/h8-14,19,21H,4-7H2,1-3H3. The lowest BCUT2D eigenvalue weighted by molar-refractivity contribution is 0.624. The van der Waals surface area contributed by atoms with E-state index < -0.39 is 0 Å². The zero-order valence-electron chi connectivity index (χ0n) is 13.4. The van der Waals surface area contributed by atoms with E-state index in [0.29, 0.717) is 0 Å². The molecule has 0 aliphatic carbocycles. The maximum atomic E-state index is 4.26. The van der Waals surface area contributed by atoms with Gasteiger partial charge in [-0.1, -0.05) is 51.5 Å². The molecular weight excluding hydrogens is 256 g/mol. The maximum absolute atomic E-state index is 4.26. The zero-order valence-corrected chi connectivity index (χ0v) is 13.4. The van der Waals surface area contributed by atoms with Crippen molar-refractivity contribution in [3.63, 3.8) is 0 Å². The molecule has 2 nitrogen and oxygen atoms in total. The van der Waals surface area contributed by atoms with E-state index in [1.54, 1.807) is 0 Å². The molecule has 0 amide bonds. The van der Waals surface area contributed by atoms with Crippen molar-refractivity contribution in [1.29, 1.82) is 0 Å². The van der Waals surface area contributed by atoms with Crippen LogP contribution in [0.15, 0.2) is 42.7 Å². The molecule has 0 spiro atoms. The quantitative estimate of drug-likeness (QED) is 0.819. The highest BCUT2D eigenvalue weighted by molar-refractivity contribution is 5.37. The Morgan fingerprint density at radius 2 is 1.81 bits per heavy atom. The van der Waals surface area contributed by atoms with E-state index in [1.165, 1.54) is 28.7 Å². The van der Waals surface area contributed by atoms with Gasteiger partial charge in [-0.2, -0.15) is 0 Å². The molecule has 0 aliphatic rings. The van der Waals surface area contributed by atoms with E-state index in [-0.39, 0.29) is 6.04 Å². The lowest BCUT2D eigenvalue weighted by Crippen LogP contribution is -2.23.